The Morgan fingerprint density at radius 3 is 2.29 bits per heavy atom. The lowest BCUT2D eigenvalue weighted by Crippen LogP contribution is -2.18. The molecule has 0 fully saturated rings. The average Bonchev–Trinajstić information content (AvgIpc) is 3.32. The van der Waals surface area contributed by atoms with Gasteiger partial charge in [0.1, 0.15) is 0 Å². The number of Topliss-reactive ketones (excluding diaryl/α,β-unsaturated/α-hetero) is 1. The molecule has 7 nitrogen and oxygen atoms in total. The first kappa shape index (κ1) is 22.3. The summed E-state index contributed by atoms with van der Waals surface area (Å²) in [6.45, 7) is -0.479. The van der Waals surface area contributed by atoms with Crippen LogP contribution >= 0.6 is 22.9 Å². The fraction of sp³-hybridized carbons (Fsp3) is 0.136. The van der Waals surface area contributed by atoms with Crippen molar-refractivity contribution in [3.63, 3.8) is 0 Å². The Balaban J connectivity index is 1.83. The summed E-state index contributed by atoms with van der Waals surface area (Å²) in [5, 5.41) is 4.94. The Morgan fingerprint density at radius 1 is 1.00 bits per heavy atom. The average molecular weight is 460 g/mol. The summed E-state index contributed by atoms with van der Waals surface area (Å²) < 4.78 is 15.7. The molecule has 1 aromatic heterocycles. The minimum Gasteiger partial charge on any atom is -0.493 e. The molecule has 160 valence electrons. The summed E-state index contributed by atoms with van der Waals surface area (Å²) >= 11 is 7.08. The minimum atomic E-state index is -0.801. The molecule has 0 atom stereocenters. The molecule has 9 heteroatoms. The van der Waals surface area contributed by atoms with Gasteiger partial charge in [0.15, 0.2) is 23.9 Å². The lowest BCUT2D eigenvalue weighted by atomic mass is 10.1. The Labute approximate surface area is 187 Å². The maximum atomic E-state index is 12.8. The smallest absolute Gasteiger partial charge is 0.340 e. The van der Waals surface area contributed by atoms with Gasteiger partial charge in [0.2, 0.25) is 0 Å². The standard InChI is InChI=1S/C22H18ClNO6S/c1-28-18-10-15(22(27)30-12-17(25)13-5-7-14(23)8-6-13)16(11-19(18)29-2)24-21(26)20-4-3-9-31-20/h3-11H,12H2,1-2H3,(H,24,26). The van der Waals surface area contributed by atoms with E-state index < -0.39 is 24.3 Å². The fourth-order valence-corrected chi connectivity index (χ4v) is 3.42. The van der Waals surface area contributed by atoms with Gasteiger partial charge in [0.25, 0.3) is 5.91 Å². The third kappa shape index (κ3) is 5.42. The van der Waals surface area contributed by atoms with Gasteiger partial charge in [-0.3, -0.25) is 9.59 Å². The second-order valence-corrected chi connectivity index (χ2v) is 7.57. The Bertz CT molecular complexity index is 1100. The largest absolute Gasteiger partial charge is 0.493 e. The SMILES string of the molecule is COc1cc(NC(=O)c2cccs2)c(C(=O)OCC(=O)c2ccc(Cl)cc2)cc1OC. The van der Waals surface area contributed by atoms with Crippen molar-refractivity contribution < 1.29 is 28.6 Å². The molecular weight excluding hydrogens is 442 g/mol. The van der Waals surface area contributed by atoms with Crippen molar-refractivity contribution in [2.45, 2.75) is 0 Å². The zero-order valence-corrected chi connectivity index (χ0v) is 18.2. The lowest BCUT2D eigenvalue weighted by molar-refractivity contribution is 0.0475. The Morgan fingerprint density at radius 2 is 1.68 bits per heavy atom. The van der Waals surface area contributed by atoms with Crippen molar-refractivity contribution in [1.29, 1.82) is 0 Å². The molecule has 0 bridgehead atoms. The van der Waals surface area contributed by atoms with E-state index in [1.807, 2.05) is 0 Å². The molecule has 1 N–H and O–H groups in total. The number of carbonyl (C=O) groups is 3. The molecule has 0 unspecified atom stereocenters. The van der Waals surface area contributed by atoms with Crippen LogP contribution in [0.1, 0.15) is 30.4 Å². The van der Waals surface area contributed by atoms with Crippen LogP contribution in [0, 0.1) is 0 Å². The van der Waals surface area contributed by atoms with E-state index in [9.17, 15) is 14.4 Å². The number of nitrogens with one attached hydrogen (secondary N) is 1. The van der Waals surface area contributed by atoms with Crippen LogP contribution in [0.15, 0.2) is 53.9 Å². The molecule has 0 aliphatic rings. The molecule has 3 aromatic rings. The molecule has 1 amide bonds. The molecule has 0 aliphatic heterocycles. The van der Waals surface area contributed by atoms with Gasteiger partial charge in [0.05, 0.1) is 30.3 Å². The zero-order valence-electron chi connectivity index (χ0n) is 16.6. The predicted molar refractivity (Wildman–Crippen MR) is 118 cm³/mol. The van der Waals surface area contributed by atoms with Gasteiger partial charge in [-0.25, -0.2) is 4.79 Å². The zero-order chi connectivity index (χ0) is 22.4. The number of rotatable bonds is 8. The van der Waals surface area contributed by atoms with Gasteiger partial charge in [0, 0.05) is 22.7 Å². The summed E-state index contributed by atoms with van der Waals surface area (Å²) in [5.41, 5.74) is 0.544. The van der Waals surface area contributed by atoms with Crippen LogP contribution in [-0.2, 0) is 4.74 Å². The first-order chi connectivity index (χ1) is 14.9. The third-order valence-electron chi connectivity index (χ3n) is 4.24. The van der Waals surface area contributed by atoms with E-state index in [0.717, 1.165) is 0 Å². The maximum Gasteiger partial charge on any atom is 0.340 e. The summed E-state index contributed by atoms with van der Waals surface area (Å²) in [5.74, 6) is -1.00. The van der Waals surface area contributed by atoms with E-state index in [1.54, 1.807) is 41.8 Å². The fourth-order valence-electron chi connectivity index (χ4n) is 2.67. The predicted octanol–water partition coefficient (Wildman–Crippen LogP) is 4.71. The van der Waals surface area contributed by atoms with E-state index >= 15 is 0 Å². The summed E-state index contributed by atoms with van der Waals surface area (Å²) in [4.78, 5) is 38.0. The van der Waals surface area contributed by atoms with Gasteiger partial charge in [-0.05, 0) is 35.7 Å². The highest BCUT2D eigenvalue weighted by Gasteiger charge is 2.21. The van der Waals surface area contributed by atoms with Crippen molar-refractivity contribution >= 4 is 46.3 Å². The number of benzene rings is 2. The summed E-state index contributed by atoms with van der Waals surface area (Å²) in [7, 11) is 2.85. The first-order valence-corrected chi connectivity index (χ1v) is 10.3. The Kier molecular flexibility index (Phi) is 7.28. The van der Waals surface area contributed by atoms with Crippen LogP contribution in [0.25, 0.3) is 0 Å². The molecule has 0 saturated carbocycles. The maximum absolute atomic E-state index is 12.8. The lowest BCUT2D eigenvalue weighted by Gasteiger charge is -2.15. The second-order valence-electron chi connectivity index (χ2n) is 6.19. The van der Waals surface area contributed by atoms with Crippen molar-refractivity contribution in [3.8, 4) is 11.5 Å². The van der Waals surface area contributed by atoms with Gasteiger partial charge in [-0.1, -0.05) is 17.7 Å². The highest BCUT2D eigenvalue weighted by Crippen LogP contribution is 2.34. The number of amides is 1. The molecule has 31 heavy (non-hydrogen) atoms. The van der Waals surface area contributed by atoms with E-state index in [-0.39, 0.29) is 17.0 Å². The normalized spacial score (nSPS) is 10.3. The summed E-state index contributed by atoms with van der Waals surface area (Å²) in [6, 6.07) is 12.5. The van der Waals surface area contributed by atoms with Crippen molar-refractivity contribution in [2.75, 3.05) is 26.1 Å². The van der Waals surface area contributed by atoms with E-state index in [0.29, 0.717) is 21.2 Å². The number of ketones is 1. The molecule has 0 saturated heterocycles. The number of ether oxygens (including phenoxy) is 3. The van der Waals surface area contributed by atoms with Gasteiger partial charge >= 0.3 is 5.97 Å². The number of hydrogen-bond acceptors (Lipinski definition) is 7. The van der Waals surface area contributed by atoms with Crippen molar-refractivity contribution in [2.24, 2.45) is 0 Å². The van der Waals surface area contributed by atoms with Crippen LogP contribution in [0.5, 0.6) is 11.5 Å². The molecule has 3 rings (SSSR count). The topological polar surface area (TPSA) is 90.9 Å². The van der Waals surface area contributed by atoms with Crippen LogP contribution in [-0.4, -0.2) is 38.5 Å². The molecule has 0 radical (unpaired) electrons. The van der Waals surface area contributed by atoms with E-state index in [4.69, 9.17) is 25.8 Å². The third-order valence-corrected chi connectivity index (χ3v) is 5.36. The number of methoxy groups -OCH3 is 2. The van der Waals surface area contributed by atoms with Crippen molar-refractivity contribution in [3.05, 3.63) is 74.9 Å². The van der Waals surface area contributed by atoms with Gasteiger partial charge < -0.3 is 19.5 Å². The van der Waals surface area contributed by atoms with Crippen LogP contribution in [0.4, 0.5) is 5.69 Å². The van der Waals surface area contributed by atoms with Gasteiger partial charge in [-0.15, -0.1) is 11.3 Å². The van der Waals surface area contributed by atoms with Crippen LogP contribution in [0.3, 0.4) is 0 Å². The second kappa shape index (κ2) is 10.1. The first-order valence-electron chi connectivity index (χ1n) is 8.99. The number of hydrogen-bond donors (Lipinski definition) is 1. The number of carbonyl (C=O) groups excluding carboxylic acids is 3. The number of thiophene rings is 1. The van der Waals surface area contributed by atoms with E-state index in [1.165, 1.54) is 37.7 Å². The van der Waals surface area contributed by atoms with Crippen LogP contribution in [0.2, 0.25) is 5.02 Å². The molecular formula is C22H18ClNO6S. The monoisotopic (exact) mass is 459 g/mol. The van der Waals surface area contributed by atoms with E-state index in [2.05, 4.69) is 5.32 Å². The van der Waals surface area contributed by atoms with Crippen LogP contribution < -0.4 is 14.8 Å². The highest BCUT2D eigenvalue weighted by atomic mass is 35.5. The molecule has 2 aromatic carbocycles. The highest BCUT2D eigenvalue weighted by molar-refractivity contribution is 7.12. The minimum absolute atomic E-state index is 0.0199. The number of esters is 1. The van der Waals surface area contributed by atoms with Gasteiger partial charge in [-0.2, -0.15) is 0 Å². The molecule has 0 aliphatic carbocycles. The molecule has 0 spiro atoms. The Hall–Kier alpha value is -3.36. The molecule has 1 heterocycles. The van der Waals surface area contributed by atoms with Crippen molar-refractivity contribution in [1.82, 2.24) is 0 Å². The summed E-state index contributed by atoms with van der Waals surface area (Å²) in [6.07, 6.45) is 0. The number of anilines is 1. The number of halogens is 1. The quantitative estimate of drug-likeness (QED) is 0.387.